The topological polar surface area (TPSA) is 52.6 Å². The predicted octanol–water partition coefficient (Wildman–Crippen LogP) is 0.978. The van der Waals surface area contributed by atoms with E-state index in [2.05, 4.69) is 22.3 Å². The van der Waals surface area contributed by atoms with Crippen LogP contribution in [0.4, 0.5) is 0 Å². The Morgan fingerprint density at radius 3 is 2.89 bits per heavy atom. The summed E-state index contributed by atoms with van der Waals surface area (Å²) in [6.45, 7) is 3.60. The second-order valence-electron chi connectivity index (χ2n) is 4.73. The van der Waals surface area contributed by atoms with Crippen molar-refractivity contribution >= 4 is 5.97 Å². The fourth-order valence-electron chi connectivity index (χ4n) is 2.42. The number of rotatable bonds is 5. The van der Waals surface area contributed by atoms with Crippen LogP contribution in [-0.4, -0.2) is 48.2 Å². The molecule has 0 aliphatic carbocycles. The van der Waals surface area contributed by atoms with E-state index in [0.29, 0.717) is 0 Å². The molecule has 0 amide bonds. The van der Waals surface area contributed by atoms with Gasteiger partial charge >= 0.3 is 5.97 Å². The number of carbonyl (C=O) groups is 1. The summed E-state index contributed by atoms with van der Waals surface area (Å²) in [5.74, 6) is -0.714. The van der Waals surface area contributed by atoms with Crippen molar-refractivity contribution in [3.05, 3.63) is 35.9 Å². The number of hydrogen-bond donors (Lipinski definition) is 2. The maximum absolute atomic E-state index is 10.8. The molecule has 98 valence electrons. The number of piperazine rings is 1. The Morgan fingerprint density at radius 2 is 2.17 bits per heavy atom. The Morgan fingerprint density at radius 1 is 1.39 bits per heavy atom. The zero-order chi connectivity index (χ0) is 12.8. The summed E-state index contributed by atoms with van der Waals surface area (Å²) in [6.07, 6.45) is 1.21. The first kappa shape index (κ1) is 13.1. The number of nitrogens with one attached hydrogen (secondary N) is 1. The van der Waals surface area contributed by atoms with Gasteiger partial charge in [-0.05, 0) is 12.0 Å². The lowest BCUT2D eigenvalue weighted by Gasteiger charge is -2.35. The third-order valence-corrected chi connectivity index (χ3v) is 3.41. The number of carboxylic acid groups (broad SMARTS) is 1. The van der Waals surface area contributed by atoms with E-state index < -0.39 is 5.97 Å². The van der Waals surface area contributed by atoms with Crippen LogP contribution in [0.5, 0.6) is 0 Å². The quantitative estimate of drug-likeness (QED) is 0.815. The lowest BCUT2D eigenvalue weighted by atomic mass is 10.1. The minimum Gasteiger partial charge on any atom is -0.481 e. The van der Waals surface area contributed by atoms with Gasteiger partial charge in [-0.3, -0.25) is 9.69 Å². The van der Waals surface area contributed by atoms with Gasteiger partial charge < -0.3 is 10.4 Å². The summed E-state index contributed by atoms with van der Waals surface area (Å²) in [5.41, 5.74) is 1.31. The largest absolute Gasteiger partial charge is 0.481 e. The van der Waals surface area contributed by atoms with Gasteiger partial charge in [-0.15, -0.1) is 0 Å². The first-order valence-electron chi connectivity index (χ1n) is 6.46. The first-order chi connectivity index (χ1) is 8.75. The molecule has 1 aromatic carbocycles. The van der Waals surface area contributed by atoms with E-state index in [1.54, 1.807) is 0 Å². The number of aliphatic carboxylic acids is 1. The summed E-state index contributed by atoms with van der Waals surface area (Å²) >= 11 is 0. The van der Waals surface area contributed by atoms with Crippen LogP contribution in [-0.2, 0) is 11.2 Å². The average molecular weight is 248 g/mol. The molecule has 1 unspecified atom stereocenters. The summed E-state index contributed by atoms with van der Waals surface area (Å²) in [6, 6.07) is 10.5. The molecule has 1 fully saturated rings. The molecule has 2 rings (SSSR count). The molecule has 4 nitrogen and oxygen atoms in total. The molecule has 0 bridgehead atoms. The van der Waals surface area contributed by atoms with E-state index in [1.807, 2.05) is 18.2 Å². The molecule has 1 aliphatic rings. The van der Waals surface area contributed by atoms with E-state index in [4.69, 9.17) is 5.11 Å². The van der Waals surface area contributed by atoms with Crippen LogP contribution in [0.2, 0.25) is 0 Å². The Kier molecular flexibility index (Phi) is 4.73. The maximum atomic E-state index is 10.8. The van der Waals surface area contributed by atoms with Gasteiger partial charge in [0.2, 0.25) is 0 Å². The van der Waals surface area contributed by atoms with Crippen LogP contribution in [0.15, 0.2) is 30.3 Å². The van der Waals surface area contributed by atoms with Crippen molar-refractivity contribution < 1.29 is 9.90 Å². The molecule has 0 aromatic heterocycles. The van der Waals surface area contributed by atoms with Crippen LogP contribution in [0.25, 0.3) is 0 Å². The van der Waals surface area contributed by atoms with E-state index in [-0.39, 0.29) is 12.5 Å². The second-order valence-corrected chi connectivity index (χ2v) is 4.73. The molecule has 0 saturated carbocycles. The minimum absolute atomic E-state index is 0.125. The van der Waals surface area contributed by atoms with Gasteiger partial charge in [0.1, 0.15) is 0 Å². The maximum Gasteiger partial charge on any atom is 0.304 e. The highest BCUT2D eigenvalue weighted by Gasteiger charge is 2.23. The van der Waals surface area contributed by atoms with Gasteiger partial charge in [0.25, 0.3) is 0 Å². The molecule has 1 aromatic rings. The van der Waals surface area contributed by atoms with Crippen LogP contribution in [0.3, 0.4) is 0 Å². The fourth-order valence-corrected chi connectivity index (χ4v) is 2.42. The smallest absolute Gasteiger partial charge is 0.304 e. The molecule has 4 heteroatoms. The zero-order valence-corrected chi connectivity index (χ0v) is 10.5. The lowest BCUT2D eigenvalue weighted by Crippen LogP contribution is -2.52. The highest BCUT2D eigenvalue weighted by Crippen LogP contribution is 2.09. The van der Waals surface area contributed by atoms with Crippen molar-refractivity contribution in [3.63, 3.8) is 0 Å². The molecule has 1 aliphatic heterocycles. The average Bonchev–Trinajstić information content (AvgIpc) is 2.38. The number of benzene rings is 1. The molecular weight excluding hydrogens is 228 g/mol. The van der Waals surface area contributed by atoms with Crippen molar-refractivity contribution in [1.29, 1.82) is 0 Å². The van der Waals surface area contributed by atoms with Crippen molar-refractivity contribution in [3.8, 4) is 0 Å². The van der Waals surface area contributed by atoms with Crippen molar-refractivity contribution in [2.24, 2.45) is 0 Å². The van der Waals surface area contributed by atoms with Gasteiger partial charge in [-0.1, -0.05) is 30.3 Å². The van der Waals surface area contributed by atoms with E-state index >= 15 is 0 Å². The van der Waals surface area contributed by atoms with Gasteiger partial charge in [0, 0.05) is 32.2 Å². The number of nitrogens with zero attached hydrogens (tertiary/aromatic N) is 1. The zero-order valence-electron chi connectivity index (χ0n) is 10.5. The molecule has 18 heavy (non-hydrogen) atoms. The molecule has 1 atom stereocenters. The Labute approximate surface area is 108 Å². The molecule has 2 N–H and O–H groups in total. The van der Waals surface area contributed by atoms with Gasteiger partial charge in [-0.2, -0.15) is 0 Å². The van der Waals surface area contributed by atoms with Crippen LogP contribution >= 0.6 is 0 Å². The first-order valence-corrected chi connectivity index (χ1v) is 6.46. The normalized spacial score (nSPS) is 20.8. The van der Waals surface area contributed by atoms with Crippen molar-refractivity contribution in [2.45, 2.75) is 18.9 Å². The predicted molar refractivity (Wildman–Crippen MR) is 70.6 cm³/mol. The van der Waals surface area contributed by atoms with Gasteiger partial charge in [-0.25, -0.2) is 0 Å². The summed E-state index contributed by atoms with van der Waals surface area (Å²) in [4.78, 5) is 13.1. The lowest BCUT2D eigenvalue weighted by molar-refractivity contribution is -0.138. The summed E-state index contributed by atoms with van der Waals surface area (Å²) < 4.78 is 0. The molecular formula is C14H20N2O2. The standard InChI is InChI=1S/C14H20N2O2/c17-14(18)10-13-11-15-7-9-16(13)8-6-12-4-2-1-3-5-12/h1-5,13,15H,6-11H2,(H,17,18). The summed E-state index contributed by atoms with van der Waals surface area (Å²) in [7, 11) is 0. The number of carboxylic acids is 1. The van der Waals surface area contributed by atoms with E-state index in [1.165, 1.54) is 5.56 Å². The van der Waals surface area contributed by atoms with Gasteiger partial charge in [0.05, 0.1) is 6.42 Å². The second kappa shape index (κ2) is 6.52. The highest BCUT2D eigenvalue weighted by molar-refractivity contribution is 5.67. The SMILES string of the molecule is O=C(O)CC1CNCCN1CCc1ccccc1. The summed E-state index contributed by atoms with van der Waals surface area (Å²) in [5, 5.41) is 12.2. The number of hydrogen-bond acceptors (Lipinski definition) is 3. The van der Waals surface area contributed by atoms with Gasteiger partial charge in [0.15, 0.2) is 0 Å². The Bertz CT molecular complexity index is 381. The van der Waals surface area contributed by atoms with Crippen LogP contribution in [0.1, 0.15) is 12.0 Å². The van der Waals surface area contributed by atoms with E-state index in [9.17, 15) is 4.79 Å². The fraction of sp³-hybridized carbons (Fsp3) is 0.500. The Hall–Kier alpha value is -1.39. The molecule has 0 spiro atoms. The highest BCUT2D eigenvalue weighted by atomic mass is 16.4. The third-order valence-electron chi connectivity index (χ3n) is 3.41. The van der Waals surface area contributed by atoms with Crippen molar-refractivity contribution in [1.82, 2.24) is 10.2 Å². The monoisotopic (exact) mass is 248 g/mol. The molecule has 1 saturated heterocycles. The van der Waals surface area contributed by atoms with Crippen LogP contribution in [0, 0.1) is 0 Å². The van der Waals surface area contributed by atoms with Crippen molar-refractivity contribution in [2.75, 3.05) is 26.2 Å². The van der Waals surface area contributed by atoms with Crippen LogP contribution < -0.4 is 5.32 Å². The molecule has 0 radical (unpaired) electrons. The van der Waals surface area contributed by atoms with E-state index in [0.717, 1.165) is 32.6 Å². The minimum atomic E-state index is -0.714. The molecule has 1 heterocycles. The third kappa shape index (κ3) is 3.82. The Balaban J connectivity index is 1.87.